The van der Waals surface area contributed by atoms with E-state index in [4.69, 9.17) is 22.1 Å². The predicted octanol–water partition coefficient (Wildman–Crippen LogP) is 3.04. The number of rotatable bonds is 4. The standard InChI is InChI=1S/C14H20ClNO2/c1-10(16)12-8-11(15)4-5-13(12)18-9-14(17)6-2-3-7-14/h4-5,8,10,17H,2-3,6-7,9,16H2,1H3. The summed E-state index contributed by atoms with van der Waals surface area (Å²) in [5.74, 6) is 0.717. The van der Waals surface area contributed by atoms with Crippen LogP contribution < -0.4 is 10.5 Å². The third-order valence-electron chi connectivity index (χ3n) is 3.49. The summed E-state index contributed by atoms with van der Waals surface area (Å²) in [6.45, 7) is 2.22. The van der Waals surface area contributed by atoms with Gasteiger partial charge in [0.2, 0.25) is 0 Å². The molecule has 0 bridgehead atoms. The first-order valence-electron chi connectivity index (χ1n) is 6.40. The lowest BCUT2D eigenvalue weighted by molar-refractivity contribution is 0.00106. The minimum atomic E-state index is -0.672. The van der Waals surface area contributed by atoms with Crippen LogP contribution in [0.2, 0.25) is 5.02 Å². The number of aliphatic hydroxyl groups is 1. The van der Waals surface area contributed by atoms with E-state index >= 15 is 0 Å². The van der Waals surface area contributed by atoms with Crippen LogP contribution in [-0.2, 0) is 0 Å². The van der Waals surface area contributed by atoms with E-state index in [-0.39, 0.29) is 6.04 Å². The summed E-state index contributed by atoms with van der Waals surface area (Å²) in [4.78, 5) is 0. The number of hydrogen-bond donors (Lipinski definition) is 2. The van der Waals surface area contributed by atoms with Gasteiger partial charge < -0.3 is 15.6 Å². The van der Waals surface area contributed by atoms with Crippen molar-refractivity contribution in [1.82, 2.24) is 0 Å². The number of ether oxygens (including phenoxy) is 1. The lowest BCUT2D eigenvalue weighted by atomic mass is 10.0. The second-order valence-electron chi connectivity index (χ2n) is 5.19. The van der Waals surface area contributed by atoms with Crippen molar-refractivity contribution in [1.29, 1.82) is 0 Å². The van der Waals surface area contributed by atoms with Gasteiger partial charge >= 0.3 is 0 Å². The highest BCUT2D eigenvalue weighted by Crippen LogP contribution is 2.32. The van der Waals surface area contributed by atoms with Crippen molar-refractivity contribution in [3.8, 4) is 5.75 Å². The molecule has 0 amide bonds. The zero-order valence-electron chi connectivity index (χ0n) is 10.7. The molecule has 0 heterocycles. The van der Waals surface area contributed by atoms with Crippen LogP contribution in [0, 0.1) is 0 Å². The van der Waals surface area contributed by atoms with E-state index < -0.39 is 5.60 Å². The molecule has 1 aliphatic carbocycles. The fraction of sp³-hybridized carbons (Fsp3) is 0.571. The molecule has 0 saturated heterocycles. The van der Waals surface area contributed by atoms with Gasteiger partial charge in [-0.3, -0.25) is 0 Å². The summed E-state index contributed by atoms with van der Waals surface area (Å²) in [7, 11) is 0. The lowest BCUT2D eigenvalue weighted by Crippen LogP contribution is -2.32. The highest BCUT2D eigenvalue weighted by molar-refractivity contribution is 6.30. The molecule has 2 rings (SSSR count). The van der Waals surface area contributed by atoms with Gasteiger partial charge in [-0.25, -0.2) is 0 Å². The largest absolute Gasteiger partial charge is 0.490 e. The van der Waals surface area contributed by atoms with Crippen molar-refractivity contribution in [2.75, 3.05) is 6.61 Å². The van der Waals surface area contributed by atoms with Gasteiger partial charge in [0, 0.05) is 16.6 Å². The van der Waals surface area contributed by atoms with Crippen LogP contribution in [-0.4, -0.2) is 17.3 Å². The molecular weight excluding hydrogens is 250 g/mol. The van der Waals surface area contributed by atoms with Gasteiger partial charge in [-0.2, -0.15) is 0 Å². The topological polar surface area (TPSA) is 55.5 Å². The maximum atomic E-state index is 10.3. The Bertz CT molecular complexity index is 414. The maximum Gasteiger partial charge on any atom is 0.124 e. The van der Waals surface area contributed by atoms with Crippen molar-refractivity contribution in [3.05, 3.63) is 28.8 Å². The summed E-state index contributed by atoms with van der Waals surface area (Å²) in [5.41, 5.74) is 6.11. The number of halogens is 1. The van der Waals surface area contributed by atoms with Gasteiger partial charge in [-0.05, 0) is 38.0 Å². The third kappa shape index (κ3) is 3.16. The molecule has 100 valence electrons. The molecular formula is C14H20ClNO2. The molecule has 1 fully saturated rings. The van der Waals surface area contributed by atoms with E-state index in [9.17, 15) is 5.11 Å². The Balaban J connectivity index is 2.09. The molecule has 0 aliphatic heterocycles. The zero-order valence-corrected chi connectivity index (χ0v) is 11.4. The van der Waals surface area contributed by atoms with Gasteiger partial charge in [-0.1, -0.05) is 24.4 Å². The Morgan fingerprint density at radius 2 is 2.11 bits per heavy atom. The first kappa shape index (κ1) is 13.7. The molecule has 0 radical (unpaired) electrons. The molecule has 3 N–H and O–H groups in total. The SMILES string of the molecule is CC(N)c1cc(Cl)ccc1OCC1(O)CCCC1. The van der Waals surface area contributed by atoms with Crippen LogP contribution in [0.25, 0.3) is 0 Å². The van der Waals surface area contributed by atoms with E-state index in [1.54, 1.807) is 6.07 Å². The second-order valence-corrected chi connectivity index (χ2v) is 5.63. The van der Waals surface area contributed by atoms with Crippen LogP contribution in [0.3, 0.4) is 0 Å². The molecule has 1 unspecified atom stereocenters. The Morgan fingerprint density at radius 3 is 2.72 bits per heavy atom. The van der Waals surface area contributed by atoms with Crippen molar-refractivity contribution in [2.24, 2.45) is 5.73 Å². The average molecular weight is 270 g/mol. The summed E-state index contributed by atoms with van der Waals surface area (Å²) in [5, 5.41) is 10.9. The summed E-state index contributed by atoms with van der Waals surface area (Å²) in [6, 6.07) is 5.28. The van der Waals surface area contributed by atoms with E-state index in [2.05, 4.69) is 0 Å². The molecule has 1 aromatic carbocycles. The maximum absolute atomic E-state index is 10.3. The minimum absolute atomic E-state index is 0.142. The molecule has 0 spiro atoms. The van der Waals surface area contributed by atoms with Gasteiger partial charge in [0.15, 0.2) is 0 Å². The molecule has 3 nitrogen and oxygen atoms in total. The monoisotopic (exact) mass is 269 g/mol. The van der Waals surface area contributed by atoms with Crippen LogP contribution in [0.1, 0.15) is 44.2 Å². The average Bonchev–Trinajstić information content (AvgIpc) is 2.75. The van der Waals surface area contributed by atoms with Crippen molar-refractivity contribution in [2.45, 2.75) is 44.2 Å². The van der Waals surface area contributed by atoms with Crippen molar-refractivity contribution >= 4 is 11.6 Å². The molecule has 1 atom stereocenters. The second kappa shape index (κ2) is 5.47. The summed E-state index contributed by atoms with van der Waals surface area (Å²) >= 11 is 5.96. The smallest absolute Gasteiger partial charge is 0.124 e. The molecule has 1 saturated carbocycles. The van der Waals surface area contributed by atoms with Gasteiger partial charge in [0.25, 0.3) is 0 Å². The number of benzene rings is 1. The van der Waals surface area contributed by atoms with Crippen molar-refractivity contribution < 1.29 is 9.84 Å². The Morgan fingerprint density at radius 1 is 1.44 bits per heavy atom. The highest BCUT2D eigenvalue weighted by atomic mass is 35.5. The molecule has 18 heavy (non-hydrogen) atoms. The summed E-state index contributed by atoms with van der Waals surface area (Å²) < 4.78 is 5.75. The van der Waals surface area contributed by atoms with E-state index in [0.717, 1.165) is 37.0 Å². The number of hydrogen-bond acceptors (Lipinski definition) is 3. The first-order valence-corrected chi connectivity index (χ1v) is 6.78. The van der Waals surface area contributed by atoms with Crippen molar-refractivity contribution in [3.63, 3.8) is 0 Å². The first-order chi connectivity index (χ1) is 8.50. The predicted molar refractivity (Wildman–Crippen MR) is 73.0 cm³/mol. The fourth-order valence-corrected chi connectivity index (χ4v) is 2.58. The quantitative estimate of drug-likeness (QED) is 0.883. The van der Waals surface area contributed by atoms with Crippen LogP contribution in [0.15, 0.2) is 18.2 Å². The van der Waals surface area contributed by atoms with Crippen LogP contribution in [0.4, 0.5) is 0 Å². The van der Waals surface area contributed by atoms with Gasteiger partial charge in [0.05, 0.1) is 5.60 Å². The Kier molecular flexibility index (Phi) is 4.15. The third-order valence-corrected chi connectivity index (χ3v) is 3.73. The fourth-order valence-electron chi connectivity index (χ4n) is 2.40. The Labute approximate surface area is 113 Å². The molecule has 1 aromatic rings. The molecule has 1 aliphatic rings. The van der Waals surface area contributed by atoms with Crippen LogP contribution in [0.5, 0.6) is 5.75 Å². The lowest BCUT2D eigenvalue weighted by Gasteiger charge is -2.23. The van der Waals surface area contributed by atoms with E-state index in [0.29, 0.717) is 11.6 Å². The summed E-state index contributed by atoms with van der Waals surface area (Å²) in [6.07, 6.45) is 3.77. The molecule has 0 aromatic heterocycles. The van der Waals surface area contributed by atoms with Gasteiger partial charge in [-0.15, -0.1) is 0 Å². The highest BCUT2D eigenvalue weighted by Gasteiger charge is 2.32. The number of nitrogens with two attached hydrogens (primary N) is 1. The van der Waals surface area contributed by atoms with E-state index in [1.807, 2.05) is 19.1 Å². The van der Waals surface area contributed by atoms with E-state index in [1.165, 1.54) is 0 Å². The van der Waals surface area contributed by atoms with Crippen LogP contribution >= 0.6 is 11.6 Å². The van der Waals surface area contributed by atoms with Gasteiger partial charge in [0.1, 0.15) is 12.4 Å². The normalized spacial score (nSPS) is 19.8. The minimum Gasteiger partial charge on any atom is -0.490 e. The zero-order chi connectivity index (χ0) is 13.2. The molecule has 4 heteroatoms. The Hall–Kier alpha value is -0.770.